The fourth-order valence-electron chi connectivity index (χ4n) is 3.09. The molecule has 1 atom stereocenters. The molecule has 1 aromatic carbocycles. The largest absolute Gasteiger partial charge is 0.513 e. The van der Waals surface area contributed by atoms with Gasteiger partial charge < -0.3 is 29.0 Å². The monoisotopic (exact) mass is 378 g/mol. The number of nitrogens with one attached hydrogen (secondary N) is 1. The summed E-state index contributed by atoms with van der Waals surface area (Å²) in [6.07, 6.45) is -2.24. The number of aromatic amines is 1. The Morgan fingerprint density at radius 2 is 1.89 bits per heavy atom. The molecule has 1 aromatic heterocycles. The Bertz CT molecular complexity index is 919. The molecule has 0 saturated carbocycles. The number of fused-ring (bicyclic) bond motifs is 3. The predicted octanol–water partition coefficient (Wildman–Crippen LogP) is 1.59. The van der Waals surface area contributed by atoms with E-state index in [0.717, 1.165) is 7.11 Å². The van der Waals surface area contributed by atoms with E-state index < -0.39 is 24.3 Å². The number of carbonyl (C=O) groups excluding carboxylic acids is 3. The smallest absolute Gasteiger partial charge is 0.464 e. The molecule has 1 aliphatic heterocycles. The van der Waals surface area contributed by atoms with Gasteiger partial charge in [-0.1, -0.05) is 0 Å². The minimum atomic E-state index is -0.967. The third kappa shape index (κ3) is 3.26. The molecule has 0 bridgehead atoms. The number of hydrogen-bond donors (Lipinski definition) is 2. The van der Waals surface area contributed by atoms with Crippen molar-refractivity contribution in [3.63, 3.8) is 0 Å². The minimum absolute atomic E-state index is 0.0110. The van der Waals surface area contributed by atoms with Gasteiger partial charge in [0.2, 0.25) is 0 Å². The van der Waals surface area contributed by atoms with Crippen molar-refractivity contribution in [2.24, 2.45) is 0 Å². The Hall–Kier alpha value is -3.27. The minimum Gasteiger partial charge on any atom is -0.464 e. The van der Waals surface area contributed by atoms with Gasteiger partial charge in [-0.15, -0.1) is 0 Å². The van der Waals surface area contributed by atoms with Crippen LogP contribution in [-0.4, -0.2) is 62.3 Å². The SMILES string of the molecule is COC(=O)Oc1cc2c(c3cc(C(=O)OC)[nH]c13)C[C@H](O)CN2C(=O)OC. The first-order chi connectivity index (χ1) is 12.9. The van der Waals surface area contributed by atoms with Crippen molar-refractivity contribution in [3.05, 3.63) is 23.4 Å². The van der Waals surface area contributed by atoms with E-state index in [-0.39, 0.29) is 24.4 Å². The highest BCUT2D eigenvalue weighted by atomic mass is 16.7. The topological polar surface area (TPSA) is 127 Å². The summed E-state index contributed by atoms with van der Waals surface area (Å²) < 4.78 is 19.2. The highest BCUT2D eigenvalue weighted by Crippen LogP contribution is 2.40. The number of nitrogens with zero attached hydrogens (tertiary/aromatic N) is 1. The number of aliphatic hydroxyl groups is 1. The van der Waals surface area contributed by atoms with E-state index in [9.17, 15) is 19.5 Å². The molecule has 10 nitrogen and oxygen atoms in total. The van der Waals surface area contributed by atoms with Crippen molar-refractivity contribution in [2.75, 3.05) is 32.8 Å². The van der Waals surface area contributed by atoms with E-state index in [1.807, 2.05) is 0 Å². The van der Waals surface area contributed by atoms with Crippen molar-refractivity contribution in [2.45, 2.75) is 12.5 Å². The number of methoxy groups -OCH3 is 3. The molecule has 27 heavy (non-hydrogen) atoms. The summed E-state index contributed by atoms with van der Waals surface area (Å²) in [6.45, 7) is 0.0110. The molecular weight excluding hydrogens is 360 g/mol. The summed E-state index contributed by atoms with van der Waals surface area (Å²) >= 11 is 0. The van der Waals surface area contributed by atoms with Gasteiger partial charge in [0, 0.05) is 17.9 Å². The molecule has 3 rings (SSSR count). The van der Waals surface area contributed by atoms with Crippen molar-refractivity contribution < 1.29 is 38.4 Å². The summed E-state index contributed by atoms with van der Waals surface area (Å²) in [5.74, 6) is -0.568. The van der Waals surface area contributed by atoms with Crippen LogP contribution in [0.2, 0.25) is 0 Å². The van der Waals surface area contributed by atoms with Crippen LogP contribution in [0.4, 0.5) is 15.3 Å². The van der Waals surface area contributed by atoms with Gasteiger partial charge in [-0.2, -0.15) is 0 Å². The summed E-state index contributed by atoms with van der Waals surface area (Å²) in [6, 6.07) is 2.96. The lowest BCUT2D eigenvalue weighted by atomic mass is 9.96. The van der Waals surface area contributed by atoms with Gasteiger partial charge in [0.05, 0.1) is 45.2 Å². The predicted molar refractivity (Wildman–Crippen MR) is 92.1 cm³/mol. The molecule has 0 aliphatic carbocycles. The summed E-state index contributed by atoms with van der Waals surface area (Å²) in [5.41, 5.74) is 1.45. The number of β-amino-alcohol motifs (C(OH)–C–C–N with tert-alkyl or cyclic N) is 1. The molecule has 0 unspecified atom stereocenters. The van der Waals surface area contributed by atoms with Crippen molar-refractivity contribution in [1.82, 2.24) is 4.98 Å². The first-order valence-electron chi connectivity index (χ1n) is 7.95. The molecule has 0 saturated heterocycles. The average Bonchev–Trinajstić information content (AvgIpc) is 3.12. The molecule has 1 aliphatic rings. The van der Waals surface area contributed by atoms with Crippen LogP contribution in [0, 0.1) is 0 Å². The molecule has 2 N–H and O–H groups in total. The Labute approximate surface area is 153 Å². The number of benzene rings is 1. The Kier molecular flexibility index (Phi) is 4.91. The molecule has 1 amide bonds. The number of ether oxygens (including phenoxy) is 4. The van der Waals surface area contributed by atoms with Crippen molar-refractivity contribution in [1.29, 1.82) is 0 Å². The van der Waals surface area contributed by atoms with E-state index in [1.165, 1.54) is 31.3 Å². The highest BCUT2D eigenvalue weighted by Gasteiger charge is 2.32. The second-order valence-corrected chi connectivity index (χ2v) is 5.83. The number of esters is 1. The molecule has 144 valence electrons. The van der Waals surface area contributed by atoms with E-state index in [1.54, 1.807) is 0 Å². The summed E-state index contributed by atoms with van der Waals surface area (Å²) in [5, 5.41) is 10.7. The van der Waals surface area contributed by atoms with Crippen LogP contribution in [-0.2, 0) is 20.6 Å². The molecule has 10 heteroatoms. The quantitative estimate of drug-likeness (QED) is 0.458. The van der Waals surface area contributed by atoms with E-state index >= 15 is 0 Å². The first kappa shape index (κ1) is 18.5. The maximum absolute atomic E-state index is 12.1. The van der Waals surface area contributed by atoms with Crippen LogP contribution in [0.15, 0.2) is 12.1 Å². The molecule has 0 radical (unpaired) electrons. The fourth-order valence-corrected chi connectivity index (χ4v) is 3.09. The van der Waals surface area contributed by atoms with Gasteiger partial charge in [-0.25, -0.2) is 14.4 Å². The number of aliphatic hydroxyl groups excluding tert-OH is 1. The zero-order valence-electron chi connectivity index (χ0n) is 14.9. The number of hydrogen-bond acceptors (Lipinski definition) is 8. The number of aromatic nitrogens is 1. The summed E-state index contributed by atoms with van der Waals surface area (Å²) in [4.78, 5) is 39.7. The zero-order valence-corrected chi connectivity index (χ0v) is 14.9. The van der Waals surface area contributed by atoms with Gasteiger partial charge in [-0.3, -0.25) is 4.90 Å². The molecular formula is C17H18N2O8. The van der Waals surface area contributed by atoms with E-state index in [0.29, 0.717) is 22.2 Å². The molecule has 0 spiro atoms. The van der Waals surface area contributed by atoms with Crippen molar-refractivity contribution in [3.8, 4) is 5.75 Å². The number of anilines is 1. The maximum Gasteiger partial charge on any atom is 0.513 e. The van der Waals surface area contributed by atoms with E-state index in [4.69, 9.17) is 14.2 Å². The Balaban J connectivity index is 2.26. The first-order valence-corrected chi connectivity index (χ1v) is 7.95. The number of rotatable bonds is 2. The zero-order chi connectivity index (χ0) is 19.7. The number of carbonyl (C=O) groups is 3. The van der Waals surface area contributed by atoms with Gasteiger partial charge in [-0.05, 0) is 11.6 Å². The van der Waals surface area contributed by atoms with Crippen molar-refractivity contribution >= 4 is 34.8 Å². The van der Waals surface area contributed by atoms with Gasteiger partial charge in [0.15, 0.2) is 5.75 Å². The van der Waals surface area contributed by atoms with Crippen LogP contribution in [0.25, 0.3) is 10.9 Å². The van der Waals surface area contributed by atoms with Crippen LogP contribution >= 0.6 is 0 Å². The van der Waals surface area contributed by atoms with Crippen LogP contribution in [0.1, 0.15) is 16.1 Å². The fraction of sp³-hybridized carbons (Fsp3) is 0.353. The maximum atomic E-state index is 12.1. The standard InChI is InChI=1S/C17H18N2O8/c1-24-15(21)11-5-10-9-4-8(20)7-19(16(22)25-2)12(9)6-13(14(10)18-11)27-17(23)26-3/h5-6,8,18,20H,4,7H2,1-3H3/t8-/m0/s1. The third-order valence-corrected chi connectivity index (χ3v) is 4.25. The van der Waals surface area contributed by atoms with Gasteiger partial charge in [0.1, 0.15) is 5.69 Å². The van der Waals surface area contributed by atoms with Gasteiger partial charge in [0.25, 0.3) is 0 Å². The lowest BCUT2D eigenvalue weighted by Crippen LogP contribution is -2.42. The second kappa shape index (κ2) is 7.16. The average molecular weight is 378 g/mol. The van der Waals surface area contributed by atoms with Crippen LogP contribution in [0.3, 0.4) is 0 Å². The Morgan fingerprint density at radius 3 is 2.52 bits per heavy atom. The lowest BCUT2D eigenvalue weighted by molar-refractivity contribution is 0.0595. The Morgan fingerprint density at radius 1 is 1.15 bits per heavy atom. The lowest BCUT2D eigenvalue weighted by Gasteiger charge is -2.32. The van der Waals surface area contributed by atoms with Crippen LogP contribution < -0.4 is 9.64 Å². The van der Waals surface area contributed by atoms with E-state index in [2.05, 4.69) is 9.72 Å². The summed E-state index contributed by atoms with van der Waals surface area (Å²) in [7, 11) is 3.61. The second-order valence-electron chi connectivity index (χ2n) is 5.83. The molecule has 2 heterocycles. The molecule has 2 aromatic rings. The number of amides is 1. The van der Waals surface area contributed by atoms with Gasteiger partial charge >= 0.3 is 18.2 Å². The molecule has 0 fully saturated rings. The third-order valence-electron chi connectivity index (χ3n) is 4.25. The normalized spacial score (nSPS) is 15.9. The number of H-pyrrole nitrogens is 1. The van der Waals surface area contributed by atoms with Crippen LogP contribution in [0.5, 0.6) is 5.75 Å². The highest BCUT2D eigenvalue weighted by molar-refractivity contribution is 6.03.